The highest BCUT2D eigenvalue weighted by Gasteiger charge is 2.28. The molecule has 1 aliphatic heterocycles. The fourth-order valence-corrected chi connectivity index (χ4v) is 4.96. The van der Waals surface area contributed by atoms with Crippen molar-refractivity contribution in [3.63, 3.8) is 0 Å². The van der Waals surface area contributed by atoms with E-state index in [1.54, 1.807) is 12.5 Å². The largest absolute Gasteiger partial charge is 0.472 e. The highest BCUT2D eigenvalue weighted by molar-refractivity contribution is 9.10. The van der Waals surface area contributed by atoms with Gasteiger partial charge in [0.2, 0.25) is 0 Å². The molecule has 0 saturated heterocycles. The van der Waals surface area contributed by atoms with E-state index in [1.807, 2.05) is 48.7 Å². The first-order valence-corrected chi connectivity index (χ1v) is 11.5. The van der Waals surface area contributed by atoms with Crippen molar-refractivity contribution in [3.05, 3.63) is 70.1 Å². The van der Waals surface area contributed by atoms with Gasteiger partial charge < -0.3 is 19.5 Å². The van der Waals surface area contributed by atoms with Gasteiger partial charge in [0.15, 0.2) is 5.69 Å². The molecule has 2 heterocycles. The minimum atomic E-state index is -0.356. The number of nitrogens with two attached hydrogens (primary N) is 1. The number of esters is 1. The normalized spacial score (nSPS) is 11.2. The number of nitrogen functional groups attached to an aromatic ring is 1. The molecule has 2 aliphatic rings. The van der Waals surface area contributed by atoms with Crippen LogP contribution in [0.25, 0.3) is 22.3 Å². The van der Waals surface area contributed by atoms with E-state index in [2.05, 4.69) is 22.9 Å². The molecule has 0 spiro atoms. The van der Waals surface area contributed by atoms with E-state index in [0.717, 1.165) is 51.0 Å². The molecule has 7 heteroatoms. The molecule has 32 heavy (non-hydrogen) atoms. The summed E-state index contributed by atoms with van der Waals surface area (Å²) < 4.78 is 13.7. The van der Waals surface area contributed by atoms with Crippen molar-refractivity contribution in [2.75, 3.05) is 12.3 Å². The number of benzene rings is 1. The van der Waals surface area contributed by atoms with Crippen LogP contribution < -0.4 is 5.73 Å². The van der Waals surface area contributed by atoms with E-state index >= 15 is 0 Å². The molecule has 1 aliphatic carbocycles. The van der Waals surface area contributed by atoms with Crippen LogP contribution in [0.4, 0.5) is 5.69 Å². The quantitative estimate of drug-likeness (QED) is 0.248. The first kappa shape index (κ1) is 22.1. The zero-order chi connectivity index (χ0) is 22.8. The summed E-state index contributed by atoms with van der Waals surface area (Å²) in [7, 11) is 0. The van der Waals surface area contributed by atoms with Gasteiger partial charge in [-0.1, -0.05) is 25.1 Å². The molecule has 1 aromatic heterocycles. The van der Waals surface area contributed by atoms with Crippen LogP contribution in [0.2, 0.25) is 0 Å². The standard InChI is InChI=1S/C25H26BrN3O3/c1-4-8-21-28-15(3)24(25(30)32-5-2)29(21)13-18-16-11-12-31-14-19(16)23(26)22(18)17-9-6-7-10-20(17)27/h6-7,9-12,14H,4-5,8,13,27H2,1-3H3. The Morgan fingerprint density at radius 2 is 1.97 bits per heavy atom. The van der Waals surface area contributed by atoms with E-state index in [1.165, 1.54) is 0 Å². The lowest BCUT2D eigenvalue weighted by atomic mass is 10.0. The number of carbonyl (C=O) groups is 1. The van der Waals surface area contributed by atoms with E-state index < -0.39 is 0 Å². The van der Waals surface area contributed by atoms with Gasteiger partial charge in [0.05, 0.1) is 31.4 Å². The minimum absolute atomic E-state index is 0.310. The van der Waals surface area contributed by atoms with Crippen LogP contribution in [0.3, 0.4) is 0 Å². The summed E-state index contributed by atoms with van der Waals surface area (Å²) in [6.45, 7) is 6.54. The van der Waals surface area contributed by atoms with Gasteiger partial charge in [-0.3, -0.25) is 0 Å². The monoisotopic (exact) mass is 495 g/mol. The first-order valence-electron chi connectivity index (χ1n) is 10.7. The van der Waals surface area contributed by atoms with Crippen molar-refractivity contribution in [1.82, 2.24) is 9.55 Å². The van der Waals surface area contributed by atoms with Crippen LogP contribution in [0.5, 0.6) is 0 Å². The number of hydrogen-bond donors (Lipinski definition) is 1. The molecule has 1 aromatic carbocycles. The smallest absolute Gasteiger partial charge is 0.356 e. The molecule has 2 N–H and O–H groups in total. The van der Waals surface area contributed by atoms with Gasteiger partial charge in [-0.15, -0.1) is 0 Å². The number of nitrogens with zero attached hydrogens (tertiary/aromatic N) is 2. The van der Waals surface area contributed by atoms with Gasteiger partial charge in [-0.25, -0.2) is 9.78 Å². The molecule has 6 nitrogen and oxygen atoms in total. The lowest BCUT2D eigenvalue weighted by molar-refractivity contribution is 0.0513. The molecule has 0 fully saturated rings. The summed E-state index contributed by atoms with van der Waals surface area (Å²) in [6, 6.07) is 9.74. The number of carbonyl (C=O) groups excluding carboxylic acids is 1. The number of hydrogen-bond acceptors (Lipinski definition) is 5. The lowest BCUT2D eigenvalue weighted by Gasteiger charge is -2.15. The van der Waals surface area contributed by atoms with Crippen molar-refractivity contribution in [1.29, 1.82) is 0 Å². The van der Waals surface area contributed by atoms with Crippen molar-refractivity contribution in [3.8, 4) is 22.3 Å². The SMILES string of the molecule is CCCc1nc(C)c(C(=O)OCC)n1Cc1c2ccocc-2c(Br)c1-c1ccccc1N. The van der Waals surface area contributed by atoms with E-state index in [9.17, 15) is 4.79 Å². The number of anilines is 1. The summed E-state index contributed by atoms with van der Waals surface area (Å²) >= 11 is 3.78. The Hall–Kier alpha value is -3.06. The van der Waals surface area contributed by atoms with Crippen LogP contribution in [0.15, 0.2) is 51.7 Å². The van der Waals surface area contributed by atoms with Crippen LogP contribution >= 0.6 is 15.9 Å². The summed E-state index contributed by atoms with van der Waals surface area (Å²) in [4.78, 5) is 17.6. The maximum absolute atomic E-state index is 12.8. The molecule has 0 amide bonds. The predicted molar refractivity (Wildman–Crippen MR) is 129 cm³/mol. The molecule has 4 rings (SSSR count). The molecule has 0 unspecified atom stereocenters. The minimum Gasteiger partial charge on any atom is -0.472 e. The topological polar surface area (TPSA) is 83.3 Å². The van der Waals surface area contributed by atoms with Crippen molar-refractivity contribution >= 4 is 27.6 Å². The molecular formula is C25H26BrN3O3. The molecule has 0 saturated carbocycles. The Balaban J connectivity index is 1.96. The predicted octanol–water partition coefficient (Wildman–Crippen LogP) is 6.08. The zero-order valence-corrected chi connectivity index (χ0v) is 20.0. The Morgan fingerprint density at radius 1 is 1.19 bits per heavy atom. The third kappa shape index (κ3) is 3.81. The number of aromatic nitrogens is 2. The summed E-state index contributed by atoms with van der Waals surface area (Å²) in [6.07, 6.45) is 5.07. The molecule has 0 radical (unpaired) electrons. The van der Waals surface area contributed by atoms with Gasteiger partial charge in [-0.2, -0.15) is 0 Å². The number of aryl methyl sites for hydroxylation is 2. The average Bonchev–Trinajstić information content (AvgIpc) is 3.23. The van der Waals surface area contributed by atoms with Crippen molar-refractivity contribution in [2.24, 2.45) is 0 Å². The summed E-state index contributed by atoms with van der Waals surface area (Å²) in [5, 5.41) is 0. The molecular weight excluding hydrogens is 470 g/mol. The Labute approximate surface area is 195 Å². The second kappa shape index (κ2) is 9.20. The number of halogens is 1. The van der Waals surface area contributed by atoms with Crippen molar-refractivity contribution < 1.29 is 13.9 Å². The van der Waals surface area contributed by atoms with Crippen LogP contribution in [-0.2, 0) is 17.7 Å². The van der Waals surface area contributed by atoms with Crippen LogP contribution in [-0.4, -0.2) is 22.1 Å². The lowest BCUT2D eigenvalue weighted by Crippen LogP contribution is -2.16. The zero-order valence-electron chi connectivity index (χ0n) is 18.4. The van der Waals surface area contributed by atoms with E-state index in [-0.39, 0.29) is 5.97 Å². The maximum atomic E-state index is 12.8. The fourth-order valence-electron chi connectivity index (χ4n) is 4.20. The average molecular weight is 496 g/mol. The van der Waals surface area contributed by atoms with Gasteiger partial charge >= 0.3 is 5.97 Å². The molecule has 166 valence electrons. The van der Waals surface area contributed by atoms with Crippen molar-refractivity contribution in [2.45, 2.75) is 40.2 Å². The summed E-state index contributed by atoms with van der Waals surface area (Å²) in [5.74, 6) is 0.511. The Bertz CT molecular complexity index is 1240. The number of fused-ring (bicyclic) bond motifs is 1. The molecule has 0 bridgehead atoms. The second-order valence-corrected chi connectivity index (χ2v) is 8.45. The fraction of sp³-hybridized carbons (Fsp3) is 0.280. The second-order valence-electron chi connectivity index (χ2n) is 7.66. The third-order valence-corrected chi connectivity index (χ3v) is 6.41. The van der Waals surface area contributed by atoms with Crippen LogP contribution in [0.1, 0.15) is 47.8 Å². The maximum Gasteiger partial charge on any atom is 0.356 e. The number of ether oxygens (including phenoxy) is 1. The number of imidazole rings is 1. The number of rotatable bonds is 7. The van der Waals surface area contributed by atoms with Gasteiger partial charge in [0.1, 0.15) is 5.82 Å². The van der Waals surface area contributed by atoms with E-state index in [0.29, 0.717) is 30.2 Å². The Kier molecular flexibility index (Phi) is 6.37. The van der Waals surface area contributed by atoms with Crippen LogP contribution in [0, 0.1) is 6.92 Å². The highest BCUT2D eigenvalue weighted by atomic mass is 79.9. The Morgan fingerprint density at radius 3 is 2.69 bits per heavy atom. The number of para-hydroxylation sites is 1. The molecule has 2 aromatic rings. The first-order chi connectivity index (χ1) is 15.5. The van der Waals surface area contributed by atoms with Gasteiger partial charge in [0.25, 0.3) is 0 Å². The molecule has 0 atom stereocenters. The highest BCUT2D eigenvalue weighted by Crippen LogP contribution is 2.47. The summed E-state index contributed by atoms with van der Waals surface area (Å²) in [5.41, 5.74) is 13.2. The van der Waals surface area contributed by atoms with E-state index in [4.69, 9.17) is 19.9 Å². The van der Waals surface area contributed by atoms with Gasteiger partial charge in [0, 0.05) is 33.3 Å². The third-order valence-electron chi connectivity index (χ3n) is 5.58. The van der Waals surface area contributed by atoms with Gasteiger partial charge in [-0.05, 0) is 59.5 Å².